The van der Waals surface area contributed by atoms with Gasteiger partial charge in [0.05, 0.1) is 5.25 Å². The lowest BCUT2D eigenvalue weighted by Crippen LogP contribution is -2.33. The van der Waals surface area contributed by atoms with Crippen LogP contribution in [0.2, 0.25) is 0 Å². The number of nitrogens with one attached hydrogen (secondary N) is 1. The van der Waals surface area contributed by atoms with Gasteiger partial charge in [0.25, 0.3) is 0 Å². The Morgan fingerprint density at radius 2 is 2.04 bits per heavy atom. The molecule has 0 aromatic heterocycles. The third-order valence-corrected chi connectivity index (χ3v) is 6.15. The van der Waals surface area contributed by atoms with Gasteiger partial charge in [-0.1, -0.05) is 25.8 Å². The van der Waals surface area contributed by atoms with Crippen molar-refractivity contribution in [2.24, 2.45) is 5.92 Å². The number of halogens is 2. The summed E-state index contributed by atoms with van der Waals surface area (Å²) in [5.41, 5.74) is 0.273. The van der Waals surface area contributed by atoms with Crippen LogP contribution in [0.1, 0.15) is 49.8 Å². The monoisotopic (exact) mass is 343 g/mol. The van der Waals surface area contributed by atoms with Gasteiger partial charge >= 0.3 is 0 Å². The average molecular weight is 343 g/mol. The molecule has 1 aromatic carbocycles. The molecule has 23 heavy (non-hydrogen) atoms. The molecule has 0 radical (unpaired) electrons. The van der Waals surface area contributed by atoms with Crippen molar-refractivity contribution in [3.8, 4) is 0 Å². The quantitative estimate of drug-likeness (QED) is 0.824. The van der Waals surface area contributed by atoms with Crippen LogP contribution in [-0.4, -0.2) is 22.4 Å². The van der Waals surface area contributed by atoms with E-state index in [1.165, 1.54) is 12.1 Å². The molecule has 0 spiro atoms. The maximum atomic E-state index is 13.9. The molecule has 1 fully saturated rings. The minimum Gasteiger partial charge on any atom is -0.355 e. The lowest BCUT2D eigenvalue weighted by Gasteiger charge is -2.17. The summed E-state index contributed by atoms with van der Waals surface area (Å²) in [5, 5.41) is 2.34. The molecule has 1 amide bonds. The molecule has 1 N–H and O–H groups in total. The van der Waals surface area contributed by atoms with Crippen molar-refractivity contribution in [2.45, 2.75) is 44.3 Å². The Bertz CT molecular complexity index is 574. The van der Waals surface area contributed by atoms with Gasteiger partial charge < -0.3 is 5.32 Å². The van der Waals surface area contributed by atoms with Crippen LogP contribution in [0.3, 0.4) is 0 Å². The highest BCUT2D eigenvalue weighted by Crippen LogP contribution is 2.27. The molecule has 0 bridgehead atoms. The number of benzene rings is 1. The fraction of sp³-hybridized carbons (Fsp3) is 0.588. The molecule has 0 saturated heterocycles. The molecule has 0 unspecified atom stereocenters. The van der Waals surface area contributed by atoms with Gasteiger partial charge in [-0.3, -0.25) is 9.00 Å². The number of rotatable bonds is 7. The number of hydrogen-bond acceptors (Lipinski definition) is 2. The Kier molecular flexibility index (Phi) is 6.69. The van der Waals surface area contributed by atoms with Crippen LogP contribution >= 0.6 is 0 Å². The molecule has 2 rings (SSSR count). The van der Waals surface area contributed by atoms with Crippen LogP contribution < -0.4 is 5.32 Å². The predicted octanol–water partition coefficient (Wildman–Crippen LogP) is 3.47. The lowest BCUT2D eigenvalue weighted by atomic mass is 10.1. The first-order valence-electron chi connectivity index (χ1n) is 8.12. The van der Waals surface area contributed by atoms with Gasteiger partial charge in [0.2, 0.25) is 5.91 Å². The second-order valence-electron chi connectivity index (χ2n) is 5.92. The van der Waals surface area contributed by atoms with Crippen LogP contribution in [0.25, 0.3) is 0 Å². The van der Waals surface area contributed by atoms with Crippen LogP contribution in [0.15, 0.2) is 18.2 Å². The highest BCUT2D eigenvalue weighted by molar-refractivity contribution is 7.85. The van der Waals surface area contributed by atoms with Gasteiger partial charge in [0, 0.05) is 40.6 Å². The zero-order chi connectivity index (χ0) is 16.8. The molecular formula is C17H23F2NO2S. The zero-order valence-electron chi connectivity index (χ0n) is 13.3. The van der Waals surface area contributed by atoms with Crippen molar-refractivity contribution in [3.63, 3.8) is 0 Å². The minimum atomic E-state index is -1.32. The average Bonchev–Trinajstić information content (AvgIpc) is 3.04. The molecule has 1 aromatic rings. The van der Waals surface area contributed by atoms with Gasteiger partial charge in [-0.25, -0.2) is 8.78 Å². The van der Waals surface area contributed by atoms with Crippen LogP contribution in [0, 0.1) is 17.6 Å². The van der Waals surface area contributed by atoms with E-state index in [0.29, 0.717) is 13.0 Å². The molecule has 1 aliphatic carbocycles. The fourth-order valence-corrected chi connectivity index (χ4v) is 4.49. The van der Waals surface area contributed by atoms with E-state index in [1.807, 2.05) is 6.92 Å². The summed E-state index contributed by atoms with van der Waals surface area (Å²) in [4.78, 5) is 11.9. The van der Waals surface area contributed by atoms with Crippen molar-refractivity contribution in [1.82, 2.24) is 5.32 Å². The molecule has 2 atom stereocenters. The van der Waals surface area contributed by atoms with Gasteiger partial charge in [-0.05, 0) is 25.3 Å². The van der Waals surface area contributed by atoms with E-state index in [9.17, 15) is 17.8 Å². The van der Waals surface area contributed by atoms with Crippen LogP contribution in [0.5, 0.6) is 0 Å². The SMILES string of the molecule is CC[C@@H](c1ccc(F)cc1F)[S@](=O)CCNC(=O)C1CCCC1. The van der Waals surface area contributed by atoms with Crippen molar-refractivity contribution in [3.05, 3.63) is 35.4 Å². The summed E-state index contributed by atoms with van der Waals surface area (Å²) in [5.74, 6) is -0.926. The number of carbonyl (C=O) groups is 1. The molecule has 128 valence electrons. The fourth-order valence-electron chi connectivity index (χ4n) is 3.06. The topological polar surface area (TPSA) is 46.2 Å². The van der Waals surface area contributed by atoms with E-state index in [-0.39, 0.29) is 23.1 Å². The molecular weight excluding hydrogens is 320 g/mol. The normalized spacial score (nSPS) is 17.9. The van der Waals surface area contributed by atoms with E-state index < -0.39 is 27.7 Å². The predicted molar refractivity (Wildman–Crippen MR) is 87.4 cm³/mol. The van der Waals surface area contributed by atoms with Crippen molar-refractivity contribution in [2.75, 3.05) is 12.3 Å². The standard InChI is InChI=1S/C17H23F2NO2S/c1-2-16(14-8-7-13(18)11-15(14)19)23(22)10-9-20-17(21)12-5-3-4-6-12/h7-8,11-12,16H,2-6,9-10H2,1H3,(H,20,21)/t16-,23+/m0/s1. The number of carbonyl (C=O) groups excluding carboxylic acids is 1. The molecule has 0 heterocycles. The Morgan fingerprint density at radius 1 is 1.35 bits per heavy atom. The maximum absolute atomic E-state index is 13.9. The zero-order valence-corrected chi connectivity index (χ0v) is 14.1. The van der Waals surface area contributed by atoms with E-state index >= 15 is 0 Å². The molecule has 0 aliphatic heterocycles. The summed E-state index contributed by atoms with van der Waals surface area (Å²) >= 11 is 0. The molecule has 1 aliphatic rings. The summed E-state index contributed by atoms with van der Waals surface area (Å²) in [6.07, 6.45) is 4.52. The second-order valence-corrected chi connectivity index (χ2v) is 7.66. The summed E-state index contributed by atoms with van der Waals surface area (Å²) in [6, 6.07) is 3.35. The van der Waals surface area contributed by atoms with Gasteiger partial charge in [-0.2, -0.15) is 0 Å². The summed E-state index contributed by atoms with van der Waals surface area (Å²) < 4.78 is 39.3. The second kappa shape index (κ2) is 8.52. The van der Waals surface area contributed by atoms with E-state index in [4.69, 9.17) is 0 Å². The minimum absolute atomic E-state index is 0.0283. The summed E-state index contributed by atoms with van der Waals surface area (Å²) in [7, 11) is -1.32. The third-order valence-electron chi connectivity index (χ3n) is 4.33. The van der Waals surface area contributed by atoms with Crippen molar-refractivity contribution < 1.29 is 17.8 Å². The number of amides is 1. The van der Waals surface area contributed by atoms with Crippen molar-refractivity contribution in [1.29, 1.82) is 0 Å². The Hall–Kier alpha value is -1.30. The molecule has 3 nitrogen and oxygen atoms in total. The van der Waals surface area contributed by atoms with E-state index in [0.717, 1.165) is 31.7 Å². The highest BCUT2D eigenvalue weighted by Gasteiger charge is 2.24. The van der Waals surface area contributed by atoms with Crippen LogP contribution in [0.4, 0.5) is 8.78 Å². The Balaban J connectivity index is 1.88. The smallest absolute Gasteiger partial charge is 0.223 e. The first-order chi connectivity index (χ1) is 11.0. The Labute approximate surface area is 138 Å². The van der Waals surface area contributed by atoms with Gasteiger partial charge in [0.1, 0.15) is 11.6 Å². The van der Waals surface area contributed by atoms with E-state index in [1.54, 1.807) is 0 Å². The lowest BCUT2D eigenvalue weighted by molar-refractivity contribution is -0.124. The van der Waals surface area contributed by atoms with Crippen LogP contribution in [-0.2, 0) is 15.6 Å². The maximum Gasteiger partial charge on any atom is 0.223 e. The molecule has 1 saturated carbocycles. The first-order valence-corrected chi connectivity index (χ1v) is 9.51. The van der Waals surface area contributed by atoms with Gasteiger partial charge in [0.15, 0.2) is 0 Å². The van der Waals surface area contributed by atoms with Crippen molar-refractivity contribution >= 4 is 16.7 Å². The third kappa shape index (κ3) is 4.83. The van der Waals surface area contributed by atoms with Gasteiger partial charge in [-0.15, -0.1) is 0 Å². The largest absolute Gasteiger partial charge is 0.355 e. The summed E-state index contributed by atoms with van der Waals surface area (Å²) in [6.45, 7) is 2.14. The number of hydrogen-bond donors (Lipinski definition) is 1. The Morgan fingerprint density at radius 3 is 2.65 bits per heavy atom. The highest BCUT2D eigenvalue weighted by atomic mass is 32.2. The first kappa shape index (κ1) is 18.0. The van der Waals surface area contributed by atoms with E-state index in [2.05, 4.69) is 5.32 Å². The molecule has 6 heteroatoms.